The number of rotatable bonds is 2. The zero-order valence-corrected chi connectivity index (χ0v) is 11.3. The van der Waals surface area contributed by atoms with E-state index >= 15 is 0 Å². The highest BCUT2D eigenvalue weighted by Gasteiger charge is 2.12. The lowest BCUT2D eigenvalue weighted by Crippen LogP contribution is -2.01. The lowest BCUT2D eigenvalue weighted by Gasteiger charge is -2.03. The van der Waals surface area contributed by atoms with E-state index in [4.69, 9.17) is 16.0 Å². The smallest absolute Gasteiger partial charge is 0.408 e. The topological polar surface area (TPSA) is 63.1 Å². The quantitative estimate of drug-likeness (QED) is 0.736. The molecule has 1 N–H and O–H groups in total. The van der Waals surface area contributed by atoms with Crippen LogP contribution >= 0.6 is 11.6 Å². The van der Waals surface area contributed by atoms with Crippen LogP contribution in [0.15, 0.2) is 45.6 Å². The molecule has 3 aromatic rings. The van der Waals surface area contributed by atoms with Crippen LogP contribution in [0.2, 0.25) is 5.02 Å². The zero-order chi connectivity index (χ0) is 14.3. The lowest BCUT2D eigenvalue weighted by atomic mass is 10.0. The van der Waals surface area contributed by atoms with Crippen molar-refractivity contribution in [3.8, 4) is 0 Å². The van der Waals surface area contributed by atoms with E-state index in [1.807, 2.05) is 6.92 Å². The van der Waals surface area contributed by atoms with Crippen molar-refractivity contribution in [1.82, 2.24) is 4.98 Å². The molecule has 20 heavy (non-hydrogen) atoms. The van der Waals surface area contributed by atoms with Crippen LogP contribution in [0.4, 0.5) is 0 Å². The van der Waals surface area contributed by atoms with E-state index in [9.17, 15) is 9.59 Å². The summed E-state index contributed by atoms with van der Waals surface area (Å²) in [6.07, 6.45) is 0. The summed E-state index contributed by atoms with van der Waals surface area (Å²) in [7, 11) is 0. The molecule has 0 atom stereocenters. The van der Waals surface area contributed by atoms with Crippen LogP contribution in [0.3, 0.4) is 0 Å². The second-order valence-corrected chi connectivity index (χ2v) is 5.01. The molecule has 0 aliphatic heterocycles. The second-order valence-electron chi connectivity index (χ2n) is 4.57. The normalized spacial score (nSPS) is 10.9. The van der Waals surface area contributed by atoms with Crippen molar-refractivity contribution in [3.63, 3.8) is 0 Å². The van der Waals surface area contributed by atoms with Gasteiger partial charge in [0.05, 0.1) is 5.52 Å². The molecule has 0 aliphatic carbocycles. The number of ketones is 1. The maximum atomic E-state index is 12.4. The highest BCUT2D eigenvalue weighted by molar-refractivity contribution is 6.31. The van der Waals surface area contributed by atoms with E-state index < -0.39 is 5.76 Å². The van der Waals surface area contributed by atoms with Gasteiger partial charge in [-0.3, -0.25) is 9.78 Å². The van der Waals surface area contributed by atoms with E-state index in [1.165, 1.54) is 0 Å². The predicted molar refractivity (Wildman–Crippen MR) is 76.5 cm³/mol. The number of carbonyl (C=O) groups is 1. The Bertz CT molecular complexity index is 856. The van der Waals surface area contributed by atoms with Crippen molar-refractivity contribution < 1.29 is 9.21 Å². The number of hydrogen-bond donors (Lipinski definition) is 1. The molecule has 0 unspecified atom stereocenters. The molecule has 100 valence electrons. The van der Waals surface area contributed by atoms with Crippen LogP contribution in [0, 0.1) is 6.92 Å². The van der Waals surface area contributed by atoms with Crippen molar-refractivity contribution in [3.05, 3.63) is 68.7 Å². The summed E-state index contributed by atoms with van der Waals surface area (Å²) in [6, 6.07) is 10.0. The van der Waals surface area contributed by atoms with Gasteiger partial charge in [-0.05, 0) is 48.9 Å². The zero-order valence-electron chi connectivity index (χ0n) is 10.6. The van der Waals surface area contributed by atoms with Crippen molar-refractivity contribution in [2.24, 2.45) is 0 Å². The van der Waals surface area contributed by atoms with Crippen LogP contribution < -0.4 is 5.76 Å². The van der Waals surface area contributed by atoms with Gasteiger partial charge >= 0.3 is 5.76 Å². The average molecular weight is 288 g/mol. The minimum atomic E-state index is -0.539. The third kappa shape index (κ3) is 2.26. The number of carbonyl (C=O) groups excluding carboxylic acids is 1. The summed E-state index contributed by atoms with van der Waals surface area (Å²) >= 11 is 5.96. The van der Waals surface area contributed by atoms with Gasteiger partial charge in [0.25, 0.3) is 0 Å². The molecule has 0 amide bonds. The molecule has 0 saturated carbocycles. The summed E-state index contributed by atoms with van der Waals surface area (Å²) in [5.41, 5.74) is 2.79. The maximum Gasteiger partial charge on any atom is 0.417 e. The Labute approximate surface area is 119 Å². The number of H-pyrrole nitrogens is 1. The van der Waals surface area contributed by atoms with Gasteiger partial charge in [0.1, 0.15) is 0 Å². The molecule has 2 aromatic carbocycles. The number of aryl methyl sites for hydroxylation is 1. The van der Waals surface area contributed by atoms with Gasteiger partial charge in [0, 0.05) is 16.1 Å². The number of hydrogen-bond acceptors (Lipinski definition) is 3. The summed E-state index contributed by atoms with van der Waals surface area (Å²) < 4.78 is 4.95. The van der Waals surface area contributed by atoms with Crippen LogP contribution in [0.5, 0.6) is 0 Å². The average Bonchev–Trinajstić information content (AvgIpc) is 2.75. The third-order valence-electron chi connectivity index (χ3n) is 2.99. The van der Waals surface area contributed by atoms with Gasteiger partial charge in [-0.15, -0.1) is 0 Å². The van der Waals surface area contributed by atoms with Crippen LogP contribution in [0.1, 0.15) is 21.5 Å². The molecule has 0 bridgehead atoms. The van der Waals surface area contributed by atoms with Crippen LogP contribution in [-0.2, 0) is 0 Å². The van der Waals surface area contributed by atoms with E-state index in [0.29, 0.717) is 27.2 Å². The van der Waals surface area contributed by atoms with E-state index in [2.05, 4.69) is 4.98 Å². The molecule has 1 heterocycles. The Hall–Kier alpha value is -2.33. The molecule has 0 spiro atoms. The first-order chi connectivity index (χ1) is 9.52. The fraction of sp³-hybridized carbons (Fsp3) is 0.0667. The number of fused-ring (bicyclic) bond motifs is 1. The highest BCUT2D eigenvalue weighted by atomic mass is 35.5. The van der Waals surface area contributed by atoms with E-state index in [0.717, 1.165) is 5.56 Å². The highest BCUT2D eigenvalue weighted by Crippen LogP contribution is 2.20. The Balaban J connectivity index is 2.09. The SMILES string of the molecule is Cc1cc(Cl)cc(C(=O)c2ccc3[nH]c(=O)oc3c2)c1. The fourth-order valence-corrected chi connectivity index (χ4v) is 2.41. The maximum absolute atomic E-state index is 12.4. The molecule has 0 saturated heterocycles. The van der Waals surface area contributed by atoms with Gasteiger partial charge in [-0.2, -0.15) is 0 Å². The van der Waals surface area contributed by atoms with Gasteiger partial charge in [-0.25, -0.2) is 4.79 Å². The molecule has 3 rings (SSSR count). The van der Waals surface area contributed by atoms with Gasteiger partial charge in [0.15, 0.2) is 11.4 Å². The molecule has 0 radical (unpaired) electrons. The standard InChI is InChI=1S/C15H10ClNO3/c1-8-4-10(6-11(16)5-8)14(18)9-2-3-12-13(7-9)20-15(19)17-12/h2-7H,1H3,(H,17,19). The Morgan fingerprint density at radius 2 is 1.95 bits per heavy atom. The third-order valence-corrected chi connectivity index (χ3v) is 3.21. The van der Waals surface area contributed by atoms with E-state index in [-0.39, 0.29) is 5.78 Å². The Morgan fingerprint density at radius 1 is 1.15 bits per heavy atom. The molecule has 5 heteroatoms. The first kappa shape index (κ1) is 12.7. The Morgan fingerprint density at radius 3 is 2.70 bits per heavy atom. The summed E-state index contributed by atoms with van der Waals surface area (Å²) in [5, 5.41) is 0.516. The summed E-state index contributed by atoms with van der Waals surface area (Å²) in [4.78, 5) is 26.0. The Kier molecular flexibility index (Phi) is 2.95. The largest absolute Gasteiger partial charge is 0.417 e. The van der Waals surface area contributed by atoms with Crippen LogP contribution in [-0.4, -0.2) is 10.8 Å². The fourth-order valence-electron chi connectivity index (χ4n) is 2.12. The molecule has 4 nitrogen and oxygen atoms in total. The van der Waals surface area contributed by atoms with Crippen molar-refractivity contribution in [2.45, 2.75) is 6.92 Å². The van der Waals surface area contributed by atoms with Crippen molar-refractivity contribution in [2.75, 3.05) is 0 Å². The van der Waals surface area contributed by atoms with Crippen molar-refractivity contribution >= 4 is 28.5 Å². The second kappa shape index (κ2) is 4.65. The van der Waals surface area contributed by atoms with Gasteiger partial charge in [0.2, 0.25) is 0 Å². The first-order valence-corrected chi connectivity index (χ1v) is 6.35. The van der Waals surface area contributed by atoms with E-state index in [1.54, 1.807) is 36.4 Å². The molecule has 1 aromatic heterocycles. The number of halogens is 1. The van der Waals surface area contributed by atoms with Crippen LogP contribution in [0.25, 0.3) is 11.1 Å². The minimum absolute atomic E-state index is 0.165. The lowest BCUT2D eigenvalue weighted by molar-refractivity contribution is 0.103. The molecular formula is C15H10ClNO3. The summed E-state index contributed by atoms with van der Waals surface area (Å²) in [6.45, 7) is 1.87. The monoisotopic (exact) mass is 287 g/mol. The van der Waals surface area contributed by atoms with Gasteiger partial charge < -0.3 is 4.42 Å². The number of aromatic amines is 1. The van der Waals surface area contributed by atoms with Gasteiger partial charge in [-0.1, -0.05) is 11.6 Å². The molecule has 0 fully saturated rings. The minimum Gasteiger partial charge on any atom is -0.408 e. The molecule has 0 aliphatic rings. The summed E-state index contributed by atoms with van der Waals surface area (Å²) in [5.74, 6) is -0.704. The predicted octanol–water partition coefficient (Wildman–Crippen LogP) is 3.31. The first-order valence-electron chi connectivity index (χ1n) is 5.98. The number of benzene rings is 2. The number of aromatic nitrogens is 1. The van der Waals surface area contributed by atoms with Crippen molar-refractivity contribution in [1.29, 1.82) is 0 Å². The number of nitrogens with one attached hydrogen (secondary N) is 1. The molecular weight excluding hydrogens is 278 g/mol. The number of oxazole rings is 1.